The van der Waals surface area contributed by atoms with Crippen LogP contribution in [-0.2, 0) is 6.61 Å². The van der Waals surface area contributed by atoms with E-state index in [1.807, 2.05) is 19.1 Å². The Balaban J connectivity index is 1.55. The number of halogens is 2. The Labute approximate surface area is 202 Å². The summed E-state index contributed by atoms with van der Waals surface area (Å²) in [5.74, 6) is 0.963. The number of pyridine rings is 1. The van der Waals surface area contributed by atoms with E-state index in [0.717, 1.165) is 5.56 Å². The van der Waals surface area contributed by atoms with E-state index in [-0.39, 0.29) is 24.1 Å². The van der Waals surface area contributed by atoms with Crippen molar-refractivity contribution in [1.29, 1.82) is 0 Å². The van der Waals surface area contributed by atoms with Crippen LogP contribution >= 0.6 is 23.2 Å². The van der Waals surface area contributed by atoms with Gasteiger partial charge >= 0.3 is 0 Å². The molecule has 33 heavy (non-hydrogen) atoms. The lowest BCUT2D eigenvalue weighted by atomic mass is 10.2. The van der Waals surface area contributed by atoms with Gasteiger partial charge in [0.2, 0.25) is 0 Å². The number of ether oxygens (including phenoxy) is 3. The second-order valence-corrected chi connectivity index (χ2v) is 7.76. The van der Waals surface area contributed by atoms with E-state index >= 15 is 0 Å². The molecule has 7 nitrogen and oxygen atoms in total. The quantitative estimate of drug-likeness (QED) is 0.410. The number of aliphatic hydroxyl groups is 1. The highest BCUT2D eigenvalue weighted by Gasteiger charge is 2.14. The molecule has 0 radical (unpaired) electrons. The number of nitrogens with one attached hydrogen (secondary N) is 1. The fraction of sp³-hybridized carbons (Fsp3) is 0.250. The Bertz CT molecular complexity index is 1070. The first-order chi connectivity index (χ1) is 16.0. The van der Waals surface area contributed by atoms with Gasteiger partial charge in [-0.1, -0.05) is 35.3 Å². The zero-order chi connectivity index (χ0) is 23.6. The van der Waals surface area contributed by atoms with E-state index in [4.69, 9.17) is 37.4 Å². The Morgan fingerprint density at radius 3 is 2.67 bits per heavy atom. The summed E-state index contributed by atoms with van der Waals surface area (Å²) >= 11 is 12.0. The van der Waals surface area contributed by atoms with Crippen molar-refractivity contribution in [2.75, 3.05) is 19.8 Å². The Kier molecular flexibility index (Phi) is 9.18. The molecule has 0 fully saturated rings. The van der Waals surface area contributed by atoms with Crippen LogP contribution in [0.15, 0.2) is 60.9 Å². The topological polar surface area (TPSA) is 89.9 Å². The molecule has 9 heteroatoms. The number of amides is 1. The summed E-state index contributed by atoms with van der Waals surface area (Å²) in [7, 11) is 0. The third-order valence-electron chi connectivity index (χ3n) is 4.47. The molecule has 2 aromatic carbocycles. The number of rotatable bonds is 11. The molecule has 3 aromatic rings. The van der Waals surface area contributed by atoms with Gasteiger partial charge < -0.3 is 24.6 Å². The molecule has 0 aliphatic heterocycles. The van der Waals surface area contributed by atoms with Crippen molar-refractivity contribution in [2.45, 2.75) is 19.6 Å². The van der Waals surface area contributed by atoms with E-state index in [1.54, 1.807) is 48.8 Å². The van der Waals surface area contributed by atoms with Gasteiger partial charge in [-0.25, -0.2) is 0 Å². The van der Waals surface area contributed by atoms with Crippen LogP contribution in [0.25, 0.3) is 0 Å². The molecule has 0 aliphatic rings. The van der Waals surface area contributed by atoms with Crippen LogP contribution in [0.2, 0.25) is 10.0 Å². The minimum atomic E-state index is -0.947. The molecular formula is C24H24Cl2N2O5. The highest BCUT2D eigenvalue weighted by Crippen LogP contribution is 2.31. The van der Waals surface area contributed by atoms with Crippen LogP contribution in [0.1, 0.15) is 22.8 Å². The van der Waals surface area contributed by atoms with Crippen LogP contribution in [0.4, 0.5) is 0 Å². The van der Waals surface area contributed by atoms with E-state index < -0.39 is 6.10 Å². The number of aromatic nitrogens is 1. The molecule has 1 aromatic heterocycles. The third-order valence-corrected chi connectivity index (χ3v) is 5.27. The van der Waals surface area contributed by atoms with Gasteiger partial charge in [-0.05, 0) is 43.3 Å². The molecule has 0 saturated heterocycles. The first kappa shape index (κ1) is 24.6. The van der Waals surface area contributed by atoms with Gasteiger partial charge in [-0.2, -0.15) is 0 Å². The molecule has 3 rings (SSSR count). The Morgan fingerprint density at radius 1 is 1.06 bits per heavy atom. The van der Waals surface area contributed by atoms with Crippen molar-refractivity contribution < 1.29 is 24.1 Å². The number of aliphatic hydroxyl groups excluding tert-OH is 1. The van der Waals surface area contributed by atoms with Gasteiger partial charge in [0.25, 0.3) is 5.91 Å². The van der Waals surface area contributed by atoms with Crippen LogP contribution in [0.5, 0.6) is 17.2 Å². The van der Waals surface area contributed by atoms with E-state index in [0.29, 0.717) is 41.0 Å². The summed E-state index contributed by atoms with van der Waals surface area (Å²) in [5, 5.41) is 13.5. The van der Waals surface area contributed by atoms with Crippen molar-refractivity contribution in [3.63, 3.8) is 0 Å². The normalized spacial score (nSPS) is 11.5. The molecule has 1 heterocycles. The number of hydrogen-bond donors (Lipinski definition) is 2. The van der Waals surface area contributed by atoms with Crippen molar-refractivity contribution in [2.24, 2.45) is 0 Å². The van der Waals surface area contributed by atoms with Crippen molar-refractivity contribution in [3.8, 4) is 17.2 Å². The minimum Gasteiger partial charge on any atom is -0.490 e. The summed E-state index contributed by atoms with van der Waals surface area (Å²) in [4.78, 5) is 16.6. The molecule has 174 valence electrons. The predicted molar refractivity (Wildman–Crippen MR) is 126 cm³/mol. The third kappa shape index (κ3) is 7.25. The zero-order valence-electron chi connectivity index (χ0n) is 18.0. The Morgan fingerprint density at radius 2 is 1.91 bits per heavy atom. The lowest BCUT2D eigenvalue weighted by molar-refractivity contribution is 0.0843. The highest BCUT2D eigenvalue weighted by atomic mass is 35.5. The first-order valence-electron chi connectivity index (χ1n) is 10.3. The van der Waals surface area contributed by atoms with E-state index in [1.165, 1.54) is 0 Å². The molecule has 1 unspecified atom stereocenters. The maximum Gasteiger partial charge on any atom is 0.251 e. The standard InChI is InChI=1S/C24H24Cl2N2O5/c1-2-31-22-11-17(8-9-20(22)32-14-16-5-4-10-27-12-16)24(30)28-13-18(29)15-33-21-7-3-6-19(25)23(21)26/h3-12,18,29H,2,13-15H2,1H3,(H,28,30). The molecular weight excluding hydrogens is 467 g/mol. The molecule has 0 bridgehead atoms. The fourth-order valence-electron chi connectivity index (χ4n) is 2.83. The van der Waals surface area contributed by atoms with Gasteiger partial charge in [-0.15, -0.1) is 0 Å². The van der Waals surface area contributed by atoms with Crippen molar-refractivity contribution in [1.82, 2.24) is 10.3 Å². The molecule has 2 N–H and O–H groups in total. The number of carbonyl (C=O) groups excluding carboxylic acids is 1. The first-order valence-corrected chi connectivity index (χ1v) is 11.0. The van der Waals surface area contributed by atoms with Crippen LogP contribution in [-0.4, -0.2) is 41.9 Å². The second-order valence-electron chi connectivity index (χ2n) is 6.97. The van der Waals surface area contributed by atoms with Gasteiger partial charge in [-0.3, -0.25) is 9.78 Å². The smallest absolute Gasteiger partial charge is 0.251 e. The maximum atomic E-state index is 12.6. The number of nitrogens with zero attached hydrogens (tertiary/aromatic N) is 1. The average Bonchev–Trinajstić information content (AvgIpc) is 2.83. The predicted octanol–water partition coefficient (Wildman–Crippen LogP) is 4.54. The molecule has 0 aliphatic carbocycles. The van der Waals surface area contributed by atoms with Crippen molar-refractivity contribution >= 4 is 29.1 Å². The summed E-state index contributed by atoms with van der Waals surface area (Å²) in [5.41, 5.74) is 1.29. The summed E-state index contributed by atoms with van der Waals surface area (Å²) in [6.07, 6.45) is 2.47. The average molecular weight is 491 g/mol. The van der Waals surface area contributed by atoms with Crippen molar-refractivity contribution in [3.05, 3.63) is 82.1 Å². The second kappa shape index (κ2) is 12.3. The monoisotopic (exact) mass is 490 g/mol. The number of carbonyl (C=O) groups is 1. The molecule has 1 atom stereocenters. The highest BCUT2D eigenvalue weighted by molar-refractivity contribution is 6.42. The summed E-state index contributed by atoms with van der Waals surface area (Å²) in [6.45, 7) is 2.50. The minimum absolute atomic E-state index is 0.0136. The van der Waals surface area contributed by atoms with E-state index in [9.17, 15) is 9.90 Å². The van der Waals surface area contributed by atoms with Gasteiger partial charge in [0, 0.05) is 30.1 Å². The Hall–Kier alpha value is -3.00. The summed E-state index contributed by atoms with van der Waals surface area (Å²) in [6, 6.07) is 13.6. The van der Waals surface area contributed by atoms with Crippen LogP contribution in [0, 0.1) is 0 Å². The molecule has 0 spiro atoms. The SMILES string of the molecule is CCOc1cc(C(=O)NCC(O)COc2cccc(Cl)c2Cl)ccc1OCc1cccnc1. The fourth-order valence-corrected chi connectivity index (χ4v) is 3.18. The number of benzene rings is 2. The zero-order valence-corrected chi connectivity index (χ0v) is 19.5. The summed E-state index contributed by atoms with van der Waals surface area (Å²) < 4.78 is 17.0. The lowest BCUT2D eigenvalue weighted by Crippen LogP contribution is -2.35. The van der Waals surface area contributed by atoms with Gasteiger partial charge in [0.05, 0.1) is 11.6 Å². The molecule has 1 amide bonds. The van der Waals surface area contributed by atoms with Crippen LogP contribution < -0.4 is 19.5 Å². The number of hydrogen-bond acceptors (Lipinski definition) is 6. The van der Waals surface area contributed by atoms with Crippen LogP contribution in [0.3, 0.4) is 0 Å². The maximum absolute atomic E-state index is 12.6. The van der Waals surface area contributed by atoms with E-state index in [2.05, 4.69) is 10.3 Å². The molecule has 0 saturated carbocycles. The lowest BCUT2D eigenvalue weighted by Gasteiger charge is -2.15. The largest absolute Gasteiger partial charge is 0.490 e. The van der Waals surface area contributed by atoms with Gasteiger partial charge in [0.15, 0.2) is 11.5 Å². The van der Waals surface area contributed by atoms with Gasteiger partial charge in [0.1, 0.15) is 30.1 Å².